The average Bonchev–Trinajstić information content (AvgIpc) is 2.42. The van der Waals surface area contributed by atoms with Crippen molar-refractivity contribution in [1.29, 1.82) is 0 Å². The number of carboxylic acids is 1. The molecule has 2 aromatic rings. The van der Waals surface area contributed by atoms with Crippen LogP contribution in [0.1, 0.15) is 10.4 Å². The van der Waals surface area contributed by atoms with Crippen molar-refractivity contribution >= 4 is 34.9 Å². The van der Waals surface area contributed by atoms with Crippen LogP contribution in [0.3, 0.4) is 0 Å². The van der Waals surface area contributed by atoms with Gasteiger partial charge in [0, 0.05) is 18.2 Å². The first-order valence-corrected chi connectivity index (χ1v) is 6.02. The Kier molecular flexibility index (Phi) is 4.20. The molecular formula is C11H5Cl2N3O5. The summed E-state index contributed by atoms with van der Waals surface area (Å²) in [4.78, 5) is 21.1. The maximum atomic E-state index is 10.9. The van der Waals surface area contributed by atoms with Crippen LogP contribution in [-0.4, -0.2) is 26.2 Å². The summed E-state index contributed by atoms with van der Waals surface area (Å²) in [6.45, 7) is 0. The molecule has 0 saturated carbocycles. The molecule has 1 heterocycles. The highest BCUT2D eigenvalue weighted by Gasteiger charge is 2.20. The number of nitro groups is 1. The van der Waals surface area contributed by atoms with E-state index < -0.39 is 16.6 Å². The van der Waals surface area contributed by atoms with Crippen molar-refractivity contribution < 1.29 is 19.6 Å². The molecule has 2 rings (SSSR count). The minimum absolute atomic E-state index is 0.0357. The third kappa shape index (κ3) is 3.36. The Balaban J connectivity index is 2.50. The number of benzene rings is 1. The van der Waals surface area contributed by atoms with Crippen LogP contribution in [0.2, 0.25) is 10.3 Å². The summed E-state index contributed by atoms with van der Waals surface area (Å²) in [5.41, 5.74) is -0.608. The SMILES string of the molecule is O=C(O)c1ccc([N+](=O)[O-])c(Oc2cc(Cl)nnc2Cl)c1. The Morgan fingerprint density at radius 1 is 1.24 bits per heavy atom. The lowest BCUT2D eigenvalue weighted by atomic mass is 10.2. The van der Waals surface area contributed by atoms with E-state index in [0.29, 0.717) is 0 Å². The summed E-state index contributed by atoms with van der Waals surface area (Å²) >= 11 is 11.4. The number of hydrogen-bond acceptors (Lipinski definition) is 6. The monoisotopic (exact) mass is 329 g/mol. The van der Waals surface area contributed by atoms with E-state index in [1.807, 2.05) is 0 Å². The Bertz CT molecular complexity index is 738. The number of halogens is 2. The molecule has 0 aliphatic rings. The van der Waals surface area contributed by atoms with Crippen molar-refractivity contribution in [2.45, 2.75) is 0 Å². The van der Waals surface area contributed by atoms with Gasteiger partial charge in [0.25, 0.3) is 0 Å². The van der Waals surface area contributed by atoms with Gasteiger partial charge in [-0.3, -0.25) is 10.1 Å². The maximum absolute atomic E-state index is 10.9. The summed E-state index contributed by atoms with van der Waals surface area (Å²) in [5, 5.41) is 26.6. The zero-order valence-corrected chi connectivity index (χ0v) is 11.5. The molecule has 0 fully saturated rings. The van der Waals surface area contributed by atoms with E-state index in [1.165, 1.54) is 6.07 Å². The average molecular weight is 330 g/mol. The number of aromatic nitrogens is 2. The summed E-state index contributed by atoms with van der Waals surface area (Å²) < 4.78 is 5.25. The largest absolute Gasteiger partial charge is 0.478 e. The summed E-state index contributed by atoms with van der Waals surface area (Å²) in [6.07, 6.45) is 0. The Morgan fingerprint density at radius 2 is 1.95 bits per heavy atom. The van der Waals surface area contributed by atoms with Gasteiger partial charge in [-0.1, -0.05) is 23.2 Å². The minimum Gasteiger partial charge on any atom is -0.478 e. The second-order valence-corrected chi connectivity index (χ2v) is 4.41. The quantitative estimate of drug-likeness (QED) is 0.676. The van der Waals surface area contributed by atoms with Crippen molar-refractivity contribution in [2.75, 3.05) is 0 Å². The third-order valence-corrected chi connectivity index (χ3v) is 2.76. The Labute approximate surface area is 127 Å². The zero-order chi connectivity index (χ0) is 15.6. The van der Waals surface area contributed by atoms with Crippen LogP contribution in [0.4, 0.5) is 5.69 Å². The lowest BCUT2D eigenvalue weighted by molar-refractivity contribution is -0.385. The van der Waals surface area contributed by atoms with E-state index in [9.17, 15) is 14.9 Å². The van der Waals surface area contributed by atoms with Gasteiger partial charge in [-0.2, -0.15) is 0 Å². The highest BCUT2D eigenvalue weighted by molar-refractivity contribution is 6.32. The van der Waals surface area contributed by atoms with Gasteiger partial charge in [0.15, 0.2) is 16.1 Å². The van der Waals surface area contributed by atoms with Crippen molar-refractivity contribution in [1.82, 2.24) is 10.2 Å². The normalized spacial score (nSPS) is 10.2. The first-order valence-electron chi connectivity index (χ1n) is 5.27. The molecule has 0 unspecified atom stereocenters. The maximum Gasteiger partial charge on any atom is 0.335 e. The Morgan fingerprint density at radius 3 is 2.57 bits per heavy atom. The van der Waals surface area contributed by atoms with Crippen molar-refractivity contribution in [3.63, 3.8) is 0 Å². The standard InChI is InChI=1S/C11H5Cl2N3O5/c12-9-4-8(10(13)15-14-9)21-7-3-5(11(17)18)1-2-6(7)16(19)20/h1-4H,(H,17,18). The molecule has 0 aliphatic carbocycles. The summed E-state index contributed by atoms with van der Waals surface area (Å²) in [7, 11) is 0. The minimum atomic E-state index is -1.26. The van der Waals surface area contributed by atoms with Crippen molar-refractivity contribution in [3.8, 4) is 11.5 Å². The molecule has 0 atom stereocenters. The molecule has 10 heteroatoms. The smallest absolute Gasteiger partial charge is 0.335 e. The summed E-state index contributed by atoms with van der Waals surface area (Å²) in [5.74, 6) is -1.64. The molecular weight excluding hydrogens is 325 g/mol. The molecule has 0 aliphatic heterocycles. The van der Waals surface area contributed by atoms with E-state index in [4.69, 9.17) is 33.0 Å². The number of aromatic carboxylic acids is 1. The topological polar surface area (TPSA) is 115 Å². The molecule has 21 heavy (non-hydrogen) atoms. The van der Waals surface area contributed by atoms with Gasteiger partial charge in [0.1, 0.15) is 0 Å². The second-order valence-electron chi connectivity index (χ2n) is 3.67. The first kappa shape index (κ1) is 14.9. The van der Waals surface area contributed by atoms with Crippen molar-refractivity contribution in [3.05, 3.63) is 50.2 Å². The van der Waals surface area contributed by atoms with E-state index in [1.54, 1.807) is 0 Å². The lowest BCUT2D eigenvalue weighted by Gasteiger charge is -2.08. The molecule has 0 bridgehead atoms. The second kappa shape index (κ2) is 5.90. The highest BCUT2D eigenvalue weighted by atomic mass is 35.5. The number of hydrogen-bond donors (Lipinski definition) is 1. The van der Waals surface area contributed by atoms with Crippen LogP contribution in [0.5, 0.6) is 11.5 Å². The number of carboxylic acid groups (broad SMARTS) is 1. The zero-order valence-electron chi connectivity index (χ0n) is 9.99. The van der Waals surface area contributed by atoms with Crippen LogP contribution in [-0.2, 0) is 0 Å². The fraction of sp³-hybridized carbons (Fsp3) is 0. The molecule has 0 radical (unpaired) electrons. The van der Waals surface area contributed by atoms with Gasteiger partial charge in [0.05, 0.1) is 10.5 Å². The van der Waals surface area contributed by atoms with Crippen LogP contribution in [0.25, 0.3) is 0 Å². The van der Waals surface area contributed by atoms with Gasteiger partial charge < -0.3 is 9.84 Å². The fourth-order valence-electron chi connectivity index (χ4n) is 1.41. The van der Waals surface area contributed by atoms with Crippen LogP contribution in [0, 0.1) is 10.1 Å². The molecule has 108 valence electrons. The number of nitrogens with zero attached hydrogens (tertiary/aromatic N) is 3. The first-order chi connectivity index (χ1) is 9.88. The van der Waals surface area contributed by atoms with Gasteiger partial charge >= 0.3 is 11.7 Å². The molecule has 1 N–H and O–H groups in total. The lowest BCUT2D eigenvalue weighted by Crippen LogP contribution is -2.00. The molecule has 1 aromatic carbocycles. The molecule has 0 amide bonds. The molecule has 8 nitrogen and oxygen atoms in total. The van der Waals surface area contributed by atoms with Gasteiger partial charge in [-0.25, -0.2) is 4.79 Å². The Hall–Kier alpha value is -2.45. The molecule has 0 saturated heterocycles. The molecule has 0 spiro atoms. The fourth-order valence-corrected chi connectivity index (χ4v) is 1.68. The van der Waals surface area contributed by atoms with E-state index in [-0.39, 0.29) is 27.4 Å². The summed E-state index contributed by atoms with van der Waals surface area (Å²) in [6, 6.07) is 4.31. The predicted molar refractivity (Wildman–Crippen MR) is 72.2 cm³/mol. The van der Waals surface area contributed by atoms with E-state index in [0.717, 1.165) is 18.2 Å². The predicted octanol–water partition coefficient (Wildman–Crippen LogP) is 3.18. The third-order valence-electron chi connectivity index (χ3n) is 2.31. The highest BCUT2D eigenvalue weighted by Crippen LogP contribution is 2.35. The number of rotatable bonds is 4. The van der Waals surface area contributed by atoms with Crippen LogP contribution in [0.15, 0.2) is 24.3 Å². The van der Waals surface area contributed by atoms with Gasteiger partial charge in [-0.05, 0) is 6.07 Å². The van der Waals surface area contributed by atoms with Crippen LogP contribution >= 0.6 is 23.2 Å². The molecule has 1 aromatic heterocycles. The number of ether oxygens (including phenoxy) is 1. The van der Waals surface area contributed by atoms with Gasteiger partial charge in [0.2, 0.25) is 5.75 Å². The van der Waals surface area contributed by atoms with E-state index >= 15 is 0 Å². The number of nitro benzene ring substituents is 1. The van der Waals surface area contributed by atoms with Crippen molar-refractivity contribution in [2.24, 2.45) is 0 Å². The van der Waals surface area contributed by atoms with Crippen LogP contribution < -0.4 is 4.74 Å². The van der Waals surface area contributed by atoms with E-state index in [2.05, 4.69) is 10.2 Å². The van der Waals surface area contributed by atoms with Gasteiger partial charge in [-0.15, -0.1) is 10.2 Å². The number of carbonyl (C=O) groups is 1.